The molecule has 1 aromatic heterocycles. The van der Waals surface area contributed by atoms with Crippen molar-refractivity contribution in [1.82, 2.24) is 4.98 Å². The van der Waals surface area contributed by atoms with Crippen molar-refractivity contribution in [3.63, 3.8) is 0 Å². The van der Waals surface area contributed by atoms with E-state index in [9.17, 15) is 8.42 Å². The zero-order valence-corrected chi connectivity index (χ0v) is 11.0. The van der Waals surface area contributed by atoms with Crippen LogP contribution in [0.5, 0.6) is 0 Å². The van der Waals surface area contributed by atoms with E-state index in [4.69, 9.17) is 10.5 Å². The first-order chi connectivity index (χ1) is 7.42. The van der Waals surface area contributed by atoms with E-state index in [2.05, 4.69) is 4.98 Å². The van der Waals surface area contributed by atoms with E-state index in [0.29, 0.717) is 13.0 Å². The van der Waals surface area contributed by atoms with E-state index in [0.717, 1.165) is 10.7 Å². The fourth-order valence-electron chi connectivity index (χ4n) is 1.17. The molecule has 1 unspecified atom stereocenters. The highest BCUT2D eigenvalue weighted by Crippen LogP contribution is 2.18. The Hall–Kier alpha value is -0.500. The SMILES string of the molecule is COCc1nc(C(N)CCS(C)(=O)=O)cs1. The van der Waals surface area contributed by atoms with Crippen molar-refractivity contribution < 1.29 is 13.2 Å². The van der Waals surface area contributed by atoms with E-state index in [1.807, 2.05) is 5.38 Å². The van der Waals surface area contributed by atoms with Gasteiger partial charge in [-0.25, -0.2) is 13.4 Å². The molecule has 7 heteroatoms. The van der Waals surface area contributed by atoms with Crippen LogP contribution in [0.4, 0.5) is 0 Å². The Morgan fingerprint density at radius 3 is 2.88 bits per heavy atom. The smallest absolute Gasteiger partial charge is 0.147 e. The van der Waals surface area contributed by atoms with E-state index >= 15 is 0 Å². The normalized spacial score (nSPS) is 13.9. The van der Waals surface area contributed by atoms with Crippen LogP contribution in [-0.4, -0.2) is 32.5 Å². The second-order valence-electron chi connectivity index (χ2n) is 3.62. The molecule has 1 aromatic rings. The largest absolute Gasteiger partial charge is 0.378 e. The molecule has 16 heavy (non-hydrogen) atoms. The van der Waals surface area contributed by atoms with Gasteiger partial charge in [0.25, 0.3) is 0 Å². The monoisotopic (exact) mass is 264 g/mol. The molecule has 2 N–H and O–H groups in total. The van der Waals surface area contributed by atoms with Gasteiger partial charge in [-0.1, -0.05) is 0 Å². The fraction of sp³-hybridized carbons (Fsp3) is 0.667. The fourth-order valence-corrected chi connectivity index (χ4v) is 2.68. The summed E-state index contributed by atoms with van der Waals surface area (Å²) >= 11 is 1.47. The second-order valence-corrected chi connectivity index (χ2v) is 6.83. The van der Waals surface area contributed by atoms with Crippen LogP contribution in [0.25, 0.3) is 0 Å². The standard InChI is InChI=1S/C9H16N2O3S2/c1-14-5-9-11-8(6-15-9)7(10)3-4-16(2,12)13/h6-7H,3-5,10H2,1-2H3. The molecular weight excluding hydrogens is 248 g/mol. The number of methoxy groups -OCH3 is 1. The van der Waals surface area contributed by atoms with Gasteiger partial charge < -0.3 is 10.5 Å². The summed E-state index contributed by atoms with van der Waals surface area (Å²) in [6.07, 6.45) is 1.60. The maximum atomic E-state index is 11.0. The number of hydrogen-bond donors (Lipinski definition) is 1. The Balaban J connectivity index is 2.55. The zero-order chi connectivity index (χ0) is 12.2. The van der Waals surface area contributed by atoms with E-state index in [1.165, 1.54) is 17.6 Å². The molecule has 0 aliphatic heterocycles. The van der Waals surface area contributed by atoms with Crippen molar-refractivity contribution in [2.24, 2.45) is 5.73 Å². The topological polar surface area (TPSA) is 82.3 Å². The van der Waals surface area contributed by atoms with Crippen LogP contribution in [0.1, 0.15) is 23.2 Å². The molecule has 0 aliphatic rings. The summed E-state index contributed by atoms with van der Waals surface area (Å²) in [6.45, 7) is 0.462. The molecule has 0 radical (unpaired) electrons. The molecule has 0 saturated carbocycles. The predicted molar refractivity (Wildman–Crippen MR) is 64.1 cm³/mol. The summed E-state index contributed by atoms with van der Waals surface area (Å²) in [5.41, 5.74) is 6.59. The van der Waals surface area contributed by atoms with Gasteiger partial charge in [0.2, 0.25) is 0 Å². The molecule has 0 amide bonds. The highest BCUT2D eigenvalue weighted by molar-refractivity contribution is 7.90. The highest BCUT2D eigenvalue weighted by Gasteiger charge is 2.13. The summed E-state index contributed by atoms with van der Waals surface area (Å²) in [6, 6.07) is -0.323. The number of sulfone groups is 1. The van der Waals surface area contributed by atoms with Crippen LogP contribution in [-0.2, 0) is 21.2 Å². The Morgan fingerprint density at radius 1 is 1.62 bits per heavy atom. The van der Waals surface area contributed by atoms with Gasteiger partial charge in [0, 0.05) is 24.8 Å². The van der Waals surface area contributed by atoms with Crippen molar-refractivity contribution >= 4 is 21.2 Å². The molecule has 0 saturated heterocycles. The quantitative estimate of drug-likeness (QED) is 0.819. The molecule has 1 atom stereocenters. The molecule has 0 spiro atoms. The van der Waals surface area contributed by atoms with Gasteiger partial charge in [0.15, 0.2) is 0 Å². The Morgan fingerprint density at radius 2 is 2.31 bits per heavy atom. The first-order valence-corrected chi connectivity index (χ1v) is 7.73. The molecule has 0 bridgehead atoms. The summed E-state index contributed by atoms with van der Waals surface area (Å²) < 4.78 is 26.9. The van der Waals surface area contributed by atoms with E-state index in [1.54, 1.807) is 7.11 Å². The van der Waals surface area contributed by atoms with Crippen molar-refractivity contribution in [3.8, 4) is 0 Å². The van der Waals surface area contributed by atoms with Crippen molar-refractivity contribution in [2.45, 2.75) is 19.1 Å². The van der Waals surface area contributed by atoms with Gasteiger partial charge >= 0.3 is 0 Å². The van der Waals surface area contributed by atoms with Crippen molar-refractivity contribution in [1.29, 1.82) is 0 Å². The Bertz CT molecular complexity index is 428. The lowest BCUT2D eigenvalue weighted by molar-refractivity contribution is 0.184. The molecule has 1 heterocycles. The molecule has 0 aromatic carbocycles. The van der Waals surface area contributed by atoms with Crippen LogP contribution < -0.4 is 5.73 Å². The number of nitrogens with two attached hydrogens (primary N) is 1. The minimum absolute atomic E-state index is 0.0886. The Labute approximate surface area is 99.6 Å². The molecule has 5 nitrogen and oxygen atoms in total. The minimum atomic E-state index is -2.96. The maximum absolute atomic E-state index is 11.0. The third-order valence-corrected chi connectivity index (χ3v) is 3.83. The van der Waals surface area contributed by atoms with E-state index in [-0.39, 0.29) is 11.8 Å². The molecular formula is C9H16N2O3S2. The number of thiazole rings is 1. The van der Waals surface area contributed by atoms with Gasteiger partial charge in [0.05, 0.1) is 18.1 Å². The molecule has 1 rings (SSSR count). The summed E-state index contributed by atoms with van der Waals surface area (Å²) in [7, 11) is -1.36. The van der Waals surface area contributed by atoms with Crippen molar-refractivity contribution in [2.75, 3.05) is 19.1 Å². The zero-order valence-electron chi connectivity index (χ0n) is 9.34. The third-order valence-electron chi connectivity index (χ3n) is 2.02. The Kier molecular flexibility index (Phi) is 4.85. The van der Waals surface area contributed by atoms with Crippen LogP contribution in [0.2, 0.25) is 0 Å². The lowest BCUT2D eigenvalue weighted by Gasteiger charge is -2.07. The van der Waals surface area contributed by atoms with Gasteiger partial charge in [0.1, 0.15) is 14.8 Å². The lowest BCUT2D eigenvalue weighted by Crippen LogP contribution is -2.16. The average Bonchev–Trinajstić information content (AvgIpc) is 2.62. The summed E-state index contributed by atoms with van der Waals surface area (Å²) in [5.74, 6) is 0.0886. The van der Waals surface area contributed by atoms with Crippen LogP contribution in [0.3, 0.4) is 0 Å². The van der Waals surface area contributed by atoms with Crippen LogP contribution >= 0.6 is 11.3 Å². The van der Waals surface area contributed by atoms with Gasteiger partial charge in [-0.2, -0.15) is 0 Å². The van der Waals surface area contributed by atoms with Gasteiger partial charge in [-0.05, 0) is 6.42 Å². The minimum Gasteiger partial charge on any atom is -0.378 e. The van der Waals surface area contributed by atoms with Crippen LogP contribution in [0, 0.1) is 0 Å². The summed E-state index contributed by atoms with van der Waals surface area (Å²) in [4.78, 5) is 4.27. The van der Waals surface area contributed by atoms with Crippen molar-refractivity contribution in [3.05, 3.63) is 16.1 Å². The predicted octanol–water partition coefficient (Wildman–Crippen LogP) is 0.724. The highest BCUT2D eigenvalue weighted by atomic mass is 32.2. The third kappa shape index (κ3) is 4.56. The van der Waals surface area contributed by atoms with E-state index < -0.39 is 9.84 Å². The molecule has 92 valence electrons. The van der Waals surface area contributed by atoms with Crippen LogP contribution in [0.15, 0.2) is 5.38 Å². The second kappa shape index (κ2) is 5.72. The van der Waals surface area contributed by atoms with Gasteiger partial charge in [-0.15, -0.1) is 11.3 Å². The molecule has 0 aliphatic carbocycles. The lowest BCUT2D eigenvalue weighted by atomic mass is 10.2. The number of rotatable bonds is 6. The first-order valence-electron chi connectivity index (χ1n) is 4.79. The van der Waals surface area contributed by atoms with Gasteiger partial charge in [-0.3, -0.25) is 0 Å². The number of nitrogens with zero attached hydrogens (tertiary/aromatic N) is 1. The summed E-state index contributed by atoms with van der Waals surface area (Å²) in [5, 5.41) is 2.70. The number of aromatic nitrogens is 1. The number of ether oxygens (including phenoxy) is 1. The number of hydrogen-bond acceptors (Lipinski definition) is 6. The maximum Gasteiger partial charge on any atom is 0.147 e. The average molecular weight is 264 g/mol. The molecule has 0 fully saturated rings. The first kappa shape index (κ1) is 13.6.